The molecular formula is C51H71BrN2O6. The van der Waals surface area contributed by atoms with Crippen LogP contribution in [0, 0.1) is 56.7 Å². The molecule has 328 valence electrons. The van der Waals surface area contributed by atoms with Gasteiger partial charge in [0.25, 0.3) is 5.91 Å². The second kappa shape index (κ2) is 17.2. The number of carbonyl (C=O) groups excluding carboxylic acids is 3. The Morgan fingerprint density at radius 1 is 0.867 bits per heavy atom. The second-order valence-electron chi connectivity index (χ2n) is 20.8. The standard InChI is InChI=1S/C51H71BrN2O6/c1-32(2)36-17-23-51(25-24-49(6)38(43(36)51)14-16-41-48(5)21-19-42(55)47(3,4)40(48)18-22-50(41,49)7)46(58)53-27-20-33-11-9-12-35(29-33)44(56)54-31-34-13-15-39(60-28-10-26-52)37(30-34)45(57)59-8/h9,11-13,15,29-30,36,38,40-43,55H,1,10,14,16-28,31H2,2-8H3,(H,53,58)(H,54,56)/t36-,38?,40?,41?,42-,43?,48-,49+,50+,51-/m0/s1. The van der Waals surface area contributed by atoms with E-state index in [0.29, 0.717) is 66.0 Å². The van der Waals surface area contributed by atoms with Gasteiger partial charge in [-0.25, -0.2) is 4.79 Å². The topological polar surface area (TPSA) is 114 Å². The summed E-state index contributed by atoms with van der Waals surface area (Å²) in [6.07, 6.45) is 11.9. The highest BCUT2D eigenvalue weighted by atomic mass is 79.9. The average Bonchev–Trinajstić information content (AvgIpc) is 3.63. The Morgan fingerprint density at radius 2 is 1.65 bits per heavy atom. The third kappa shape index (κ3) is 7.57. The van der Waals surface area contributed by atoms with Crippen molar-refractivity contribution in [2.75, 3.05) is 25.6 Å². The van der Waals surface area contributed by atoms with Crippen molar-refractivity contribution in [1.82, 2.24) is 10.6 Å². The number of rotatable bonds is 13. The molecule has 2 aromatic carbocycles. The number of nitrogens with one attached hydrogen (secondary N) is 2. The van der Waals surface area contributed by atoms with Crippen LogP contribution in [0.15, 0.2) is 54.6 Å². The molecule has 0 aliphatic heterocycles. The third-order valence-electron chi connectivity index (χ3n) is 17.8. The molecule has 8 nitrogen and oxygen atoms in total. The summed E-state index contributed by atoms with van der Waals surface area (Å²) < 4.78 is 10.8. The van der Waals surface area contributed by atoms with Gasteiger partial charge in [-0.2, -0.15) is 0 Å². The molecule has 0 saturated heterocycles. The first-order chi connectivity index (χ1) is 28.5. The van der Waals surface area contributed by atoms with Crippen molar-refractivity contribution in [1.29, 1.82) is 0 Å². The molecule has 4 unspecified atom stereocenters. The maximum Gasteiger partial charge on any atom is 0.341 e. The SMILES string of the molecule is C=C(C)[C@@H]1CC[C@]2(C(=O)NCCc3cccc(C(=O)NCc4ccc(OCCCBr)c(C(=O)OC)c4)c3)CC[C@]3(C)C(CCC4[C@@]5(C)CC[C@H](O)C(C)(C)C5CC[C@]43C)C12. The van der Waals surface area contributed by atoms with Crippen LogP contribution < -0.4 is 15.4 Å². The number of hydrogen-bond acceptors (Lipinski definition) is 6. The molecular weight excluding hydrogens is 816 g/mol. The molecule has 60 heavy (non-hydrogen) atoms. The fourth-order valence-corrected chi connectivity index (χ4v) is 14.7. The highest BCUT2D eigenvalue weighted by molar-refractivity contribution is 9.09. The summed E-state index contributed by atoms with van der Waals surface area (Å²) in [5.41, 5.74) is 3.97. The molecule has 5 aliphatic rings. The van der Waals surface area contributed by atoms with Crippen LogP contribution in [-0.4, -0.2) is 54.6 Å². The predicted octanol–water partition coefficient (Wildman–Crippen LogP) is 10.2. The van der Waals surface area contributed by atoms with Gasteiger partial charge in [-0.05, 0) is 171 Å². The van der Waals surface area contributed by atoms with E-state index >= 15 is 0 Å². The Balaban J connectivity index is 1.01. The number of fused-ring (bicyclic) bond motifs is 7. The Bertz CT molecular complexity index is 1960. The van der Waals surface area contributed by atoms with Crippen LogP contribution in [0.2, 0.25) is 0 Å². The maximum absolute atomic E-state index is 14.7. The van der Waals surface area contributed by atoms with E-state index in [4.69, 9.17) is 9.47 Å². The van der Waals surface area contributed by atoms with E-state index in [1.54, 1.807) is 18.2 Å². The predicted molar refractivity (Wildman–Crippen MR) is 241 cm³/mol. The van der Waals surface area contributed by atoms with Gasteiger partial charge in [-0.3, -0.25) is 9.59 Å². The summed E-state index contributed by atoms with van der Waals surface area (Å²) in [4.78, 5) is 40.6. The first-order valence-corrected chi connectivity index (χ1v) is 24.0. The van der Waals surface area contributed by atoms with Crippen LogP contribution in [0.4, 0.5) is 0 Å². The lowest BCUT2D eigenvalue weighted by molar-refractivity contribution is -0.246. The number of halogens is 1. The van der Waals surface area contributed by atoms with Crippen molar-refractivity contribution in [3.05, 3.63) is 76.9 Å². The molecule has 10 atom stereocenters. The minimum Gasteiger partial charge on any atom is -0.493 e. The number of methoxy groups -OCH3 is 1. The average molecular weight is 888 g/mol. The number of aliphatic hydroxyl groups excluding tert-OH is 1. The molecule has 7 rings (SSSR count). The minimum absolute atomic E-state index is 0.0647. The number of aliphatic hydroxyl groups is 1. The Morgan fingerprint density at radius 3 is 2.38 bits per heavy atom. The largest absolute Gasteiger partial charge is 0.493 e. The zero-order chi connectivity index (χ0) is 43.3. The van der Waals surface area contributed by atoms with Crippen molar-refractivity contribution in [3.8, 4) is 5.75 Å². The number of hydrogen-bond donors (Lipinski definition) is 3. The second-order valence-corrected chi connectivity index (χ2v) is 21.6. The van der Waals surface area contributed by atoms with Gasteiger partial charge in [-0.1, -0.05) is 80.9 Å². The third-order valence-corrected chi connectivity index (χ3v) is 18.4. The molecule has 5 aliphatic carbocycles. The number of esters is 1. The quantitative estimate of drug-likeness (QED) is 0.0799. The lowest BCUT2D eigenvalue weighted by Crippen LogP contribution is -2.67. The summed E-state index contributed by atoms with van der Waals surface area (Å²) in [6, 6.07) is 12.9. The van der Waals surface area contributed by atoms with Gasteiger partial charge in [-0.15, -0.1) is 0 Å². The van der Waals surface area contributed by atoms with Crippen molar-refractivity contribution in [2.24, 2.45) is 56.7 Å². The van der Waals surface area contributed by atoms with Gasteiger partial charge in [0, 0.05) is 24.0 Å². The van der Waals surface area contributed by atoms with Crippen LogP contribution in [0.5, 0.6) is 5.75 Å². The minimum atomic E-state index is -0.489. The summed E-state index contributed by atoms with van der Waals surface area (Å²) in [5, 5.41) is 18.4. The monoisotopic (exact) mass is 886 g/mol. The van der Waals surface area contributed by atoms with Crippen molar-refractivity contribution in [2.45, 2.75) is 131 Å². The van der Waals surface area contributed by atoms with Gasteiger partial charge in [0.2, 0.25) is 5.91 Å². The Labute approximate surface area is 367 Å². The summed E-state index contributed by atoms with van der Waals surface area (Å²) in [5.74, 6) is 2.25. The molecule has 5 saturated carbocycles. The van der Waals surface area contributed by atoms with Crippen LogP contribution >= 0.6 is 15.9 Å². The number of ether oxygens (including phenoxy) is 2. The molecule has 2 amide bonds. The summed E-state index contributed by atoms with van der Waals surface area (Å²) in [6.45, 7) is 20.4. The van der Waals surface area contributed by atoms with Gasteiger partial charge in [0.15, 0.2) is 0 Å². The Hall–Kier alpha value is -3.17. The van der Waals surface area contributed by atoms with Crippen LogP contribution in [-0.2, 0) is 22.5 Å². The first-order valence-electron chi connectivity index (χ1n) is 22.9. The van der Waals surface area contributed by atoms with Gasteiger partial charge in [0.05, 0.1) is 25.2 Å². The van der Waals surface area contributed by atoms with Crippen molar-refractivity contribution >= 4 is 33.7 Å². The number of allylic oxidation sites excluding steroid dienone is 1. The number of carbonyl (C=O) groups is 3. The fourth-order valence-electron chi connectivity index (χ4n) is 14.5. The molecule has 5 fully saturated rings. The molecule has 9 heteroatoms. The number of amides is 2. The molecule has 3 N–H and O–H groups in total. The zero-order valence-electron chi connectivity index (χ0n) is 37.4. The molecule has 0 spiro atoms. The van der Waals surface area contributed by atoms with Crippen LogP contribution in [0.25, 0.3) is 0 Å². The van der Waals surface area contributed by atoms with E-state index in [1.165, 1.54) is 38.4 Å². The summed E-state index contributed by atoms with van der Waals surface area (Å²) in [7, 11) is 1.34. The first kappa shape index (κ1) is 44.9. The van der Waals surface area contributed by atoms with Crippen LogP contribution in [0.3, 0.4) is 0 Å². The lowest BCUT2D eigenvalue weighted by atomic mass is 9.32. The van der Waals surface area contributed by atoms with Crippen molar-refractivity contribution in [3.63, 3.8) is 0 Å². The fraction of sp³-hybridized carbons (Fsp3) is 0.667. The van der Waals surface area contributed by atoms with Crippen molar-refractivity contribution < 1.29 is 29.0 Å². The molecule has 0 radical (unpaired) electrons. The van der Waals surface area contributed by atoms with Crippen LogP contribution in [0.1, 0.15) is 144 Å². The highest BCUT2D eigenvalue weighted by Gasteiger charge is 2.71. The zero-order valence-corrected chi connectivity index (χ0v) is 39.0. The van der Waals surface area contributed by atoms with Gasteiger partial charge >= 0.3 is 5.97 Å². The van der Waals surface area contributed by atoms with E-state index in [2.05, 4.69) is 74.7 Å². The smallest absolute Gasteiger partial charge is 0.341 e. The molecule has 2 aromatic rings. The maximum atomic E-state index is 14.7. The molecule has 0 bridgehead atoms. The molecule has 0 heterocycles. The Kier molecular flexibility index (Phi) is 12.9. The highest BCUT2D eigenvalue weighted by Crippen LogP contribution is 2.77. The normalized spacial score (nSPS) is 35.1. The lowest BCUT2D eigenvalue weighted by Gasteiger charge is -2.72. The van der Waals surface area contributed by atoms with Gasteiger partial charge < -0.3 is 25.2 Å². The van der Waals surface area contributed by atoms with Gasteiger partial charge in [0.1, 0.15) is 11.3 Å². The van der Waals surface area contributed by atoms with E-state index in [0.717, 1.165) is 61.4 Å². The van der Waals surface area contributed by atoms with E-state index < -0.39 is 5.97 Å². The summed E-state index contributed by atoms with van der Waals surface area (Å²) >= 11 is 3.40. The molecule has 0 aromatic heterocycles. The van der Waals surface area contributed by atoms with E-state index in [-0.39, 0.29) is 51.5 Å². The van der Waals surface area contributed by atoms with E-state index in [1.807, 2.05) is 24.3 Å². The van der Waals surface area contributed by atoms with E-state index in [9.17, 15) is 19.5 Å². The number of benzene rings is 2. The number of alkyl halides is 1.